The highest BCUT2D eigenvalue weighted by Gasteiger charge is 2.21. The van der Waals surface area contributed by atoms with Crippen LogP contribution in [0.25, 0.3) is 120 Å². The van der Waals surface area contributed by atoms with Crippen LogP contribution in [0.2, 0.25) is 0 Å². The van der Waals surface area contributed by atoms with Gasteiger partial charge in [-0.15, -0.1) is 11.3 Å². The number of pyridine rings is 1. The first-order valence-corrected chi connectivity index (χ1v) is 20.6. The summed E-state index contributed by atoms with van der Waals surface area (Å²) in [5.41, 5.74) is 8.08. The fraction of sp³-hybridized carbons (Fsp3) is 0. The molecule has 9 aromatic carbocycles. The summed E-state index contributed by atoms with van der Waals surface area (Å²) in [5.74, 6) is 1.91. The summed E-state index contributed by atoms with van der Waals surface area (Å²) < 4.78 is 2.47. The third kappa shape index (κ3) is 5.51. The topological polar surface area (TPSA) is 51.6 Å². The molecule has 0 aliphatic rings. The van der Waals surface area contributed by atoms with Crippen LogP contribution < -0.4 is 0 Å². The predicted molar refractivity (Wildman–Crippen MR) is 248 cm³/mol. The van der Waals surface area contributed by atoms with Crippen molar-refractivity contribution in [3.8, 4) is 56.5 Å². The van der Waals surface area contributed by atoms with E-state index >= 15 is 0 Å². The van der Waals surface area contributed by atoms with Gasteiger partial charge in [-0.1, -0.05) is 170 Å². The number of hydrogen-bond donors (Lipinski definition) is 0. The average molecular weight is 769 g/mol. The SMILES string of the molecule is c1ccc(-c2nc(-c3ccccc3)nc(-c3cccc(-c4cccc5nc(-c6ccc7c8ccccc8c8ccccc8c7c6)c6c7ccccc7sc6c45)c3)n2)cc1. The van der Waals surface area contributed by atoms with Gasteiger partial charge in [0.2, 0.25) is 0 Å². The highest BCUT2D eigenvalue weighted by Crippen LogP contribution is 2.47. The lowest BCUT2D eigenvalue weighted by atomic mass is 9.91. The fourth-order valence-corrected chi connectivity index (χ4v) is 10.0. The zero-order chi connectivity index (χ0) is 38.9. The standard InChI is InChI=1S/C54H32N4S/c1-3-15-33(16-4-1)52-56-53(34-17-5-2-6-18-34)58-54(57-52)37-20-13-19-35(31-37)38-26-14-27-46-48(38)51-49(44-25-11-12-28-47(44)59-51)50(55-46)36-29-30-43-41-23-8-7-21-39(41)40-22-9-10-24-42(40)45(43)32-36/h1-32H. The molecule has 3 aromatic heterocycles. The molecule has 274 valence electrons. The van der Waals surface area contributed by atoms with Crippen LogP contribution in [-0.2, 0) is 0 Å². The van der Waals surface area contributed by atoms with E-state index in [0.717, 1.165) is 50.0 Å². The molecule has 0 spiro atoms. The Kier molecular flexibility index (Phi) is 7.68. The molecule has 12 aromatic rings. The Morgan fingerprint density at radius 2 is 0.814 bits per heavy atom. The molecule has 0 radical (unpaired) electrons. The molecule has 0 unspecified atom stereocenters. The molecule has 0 atom stereocenters. The molecule has 0 saturated heterocycles. The van der Waals surface area contributed by atoms with Crippen LogP contribution in [0.1, 0.15) is 0 Å². The van der Waals surface area contributed by atoms with E-state index in [4.69, 9.17) is 19.9 Å². The van der Waals surface area contributed by atoms with E-state index in [1.807, 2.05) is 72.0 Å². The normalized spacial score (nSPS) is 11.7. The Bertz CT molecular complexity index is 3520. The van der Waals surface area contributed by atoms with Crippen molar-refractivity contribution in [2.24, 2.45) is 0 Å². The highest BCUT2D eigenvalue weighted by molar-refractivity contribution is 7.26. The number of benzene rings is 9. The first-order chi connectivity index (χ1) is 29.2. The van der Waals surface area contributed by atoms with Crippen molar-refractivity contribution >= 4 is 74.7 Å². The van der Waals surface area contributed by atoms with E-state index in [9.17, 15) is 0 Å². The van der Waals surface area contributed by atoms with Crippen molar-refractivity contribution in [1.29, 1.82) is 0 Å². The van der Waals surface area contributed by atoms with E-state index in [1.165, 1.54) is 52.5 Å². The van der Waals surface area contributed by atoms with Gasteiger partial charge in [0.15, 0.2) is 17.5 Å². The van der Waals surface area contributed by atoms with Gasteiger partial charge < -0.3 is 0 Å². The van der Waals surface area contributed by atoms with Crippen LogP contribution >= 0.6 is 11.3 Å². The van der Waals surface area contributed by atoms with Gasteiger partial charge in [-0.05, 0) is 67.7 Å². The summed E-state index contributed by atoms with van der Waals surface area (Å²) in [6, 6.07) is 68.5. The van der Waals surface area contributed by atoms with Crippen molar-refractivity contribution < 1.29 is 0 Å². The van der Waals surface area contributed by atoms with Crippen LogP contribution in [0, 0.1) is 0 Å². The summed E-state index contributed by atoms with van der Waals surface area (Å²) in [5, 5.41) is 11.1. The van der Waals surface area contributed by atoms with Gasteiger partial charge in [-0.2, -0.15) is 0 Å². The lowest BCUT2D eigenvalue weighted by Crippen LogP contribution is -2.00. The van der Waals surface area contributed by atoms with E-state index in [0.29, 0.717) is 17.5 Å². The van der Waals surface area contributed by atoms with Crippen molar-refractivity contribution in [3.63, 3.8) is 0 Å². The second-order valence-electron chi connectivity index (χ2n) is 14.9. The maximum Gasteiger partial charge on any atom is 0.164 e. The molecule has 0 saturated carbocycles. The zero-order valence-electron chi connectivity index (χ0n) is 31.7. The van der Waals surface area contributed by atoms with Gasteiger partial charge in [-0.25, -0.2) is 19.9 Å². The molecule has 0 N–H and O–H groups in total. The first-order valence-electron chi connectivity index (χ1n) is 19.8. The third-order valence-corrected chi connectivity index (χ3v) is 12.7. The Morgan fingerprint density at radius 3 is 1.47 bits per heavy atom. The lowest BCUT2D eigenvalue weighted by Gasteiger charge is -2.14. The molecule has 0 amide bonds. The quantitative estimate of drug-likeness (QED) is 0.164. The maximum atomic E-state index is 5.58. The van der Waals surface area contributed by atoms with Gasteiger partial charge in [-0.3, -0.25) is 0 Å². The van der Waals surface area contributed by atoms with Gasteiger partial charge >= 0.3 is 0 Å². The van der Waals surface area contributed by atoms with Gasteiger partial charge in [0.25, 0.3) is 0 Å². The van der Waals surface area contributed by atoms with Crippen molar-refractivity contribution in [2.45, 2.75) is 0 Å². The van der Waals surface area contributed by atoms with Crippen molar-refractivity contribution in [2.75, 3.05) is 0 Å². The fourth-order valence-electron chi connectivity index (χ4n) is 8.77. The summed E-state index contributed by atoms with van der Waals surface area (Å²) in [7, 11) is 0. The summed E-state index contributed by atoms with van der Waals surface area (Å²) in [4.78, 5) is 20.6. The Balaban J connectivity index is 1.07. The minimum absolute atomic E-state index is 0.629. The van der Waals surface area contributed by atoms with Crippen molar-refractivity contribution in [1.82, 2.24) is 19.9 Å². The maximum absolute atomic E-state index is 5.58. The van der Waals surface area contributed by atoms with E-state index in [2.05, 4.69) is 133 Å². The molecule has 0 aliphatic heterocycles. The van der Waals surface area contributed by atoms with Crippen LogP contribution in [0.5, 0.6) is 0 Å². The molecule has 0 aliphatic carbocycles. The highest BCUT2D eigenvalue weighted by atomic mass is 32.1. The van der Waals surface area contributed by atoms with Gasteiger partial charge in [0, 0.05) is 47.8 Å². The van der Waals surface area contributed by atoms with Crippen LogP contribution in [0.4, 0.5) is 0 Å². The van der Waals surface area contributed by atoms with Gasteiger partial charge in [0.05, 0.1) is 11.2 Å². The summed E-state index contributed by atoms with van der Waals surface area (Å²) in [6.07, 6.45) is 0. The molecule has 0 fully saturated rings. The number of nitrogens with zero attached hydrogens (tertiary/aromatic N) is 4. The Hall–Kier alpha value is -7.60. The minimum atomic E-state index is 0.629. The summed E-state index contributed by atoms with van der Waals surface area (Å²) in [6.45, 7) is 0. The average Bonchev–Trinajstić information content (AvgIpc) is 3.71. The zero-order valence-corrected chi connectivity index (χ0v) is 32.5. The number of fused-ring (bicyclic) bond motifs is 11. The first kappa shape index (κ1) is 33.5. The van der Waals surface area contributed by atoms with Crippen molar-refractivity contribution in [3.05, 3.63) is 194 Å². The second-order valence-corrected chi connectivity index (χ2v) is 16.0. The number of rotatable bonds is 5. The smallest absolute Gasteiger partial charge is 0.164 e. The minimum Gasteiger partial charge on any atom is -0.247 e. The predicted octanol–water partition coefficient (Wildman–Crippen LogP) is 14.6. The Morgan fingerprint density at radius 1 is 0.305 bits per heavy atom. The van der Waals surface area contributed by atoms with Gasteiger partial charge in [0.1, 0.15) is 0 Å². The molecule has 4 nitrogen and oxygen atoms in total. The van der Waals surface area contributed by atoms with E-state index in [-0.39, 0.29) is 0 Å². The molecule has 12 rings (SSSR count). The number of hydrogen-bond acceptors (Lipinski definition) is 5. The molecular weight excluding hydrogens is 737 g/mol. The molecule has 0 bridgehead atoms. The second kappa shape index (κ2) is 13.5. The largest absolute Gasteiger partial charge is 0.247 e. The lowest BCUT2D eigenvalue weighted by molar-refractivity contribution is 1.07. The van der Waals surface area contributed by atoms with Crippen LogP contribution in [-0.4, -0.2) is 19.9 Å². The van der Waals surface area contributed by atoms with Crippen LogP contribution in [0.3, 0.4) is 0 Å². The van der Waals surface area contributed by atoms with Crippen LogP contribution in [0.15, 0.2) is 194 Å². The van der Waals surface area contributed by atoms with E-state index < -0.39 is 0 Å². The summed E-state index contributed by atoms with van der Waals surface area (Å²) >= 11 is 1.84. The molecule has 5 heteroatoms. The number of aromatic nitrogens is 4. The monoisotopic (exact) mass is 768 g/mol. The number of thiophene rings is 1. The Labute approximate surface area is 343 Å². The third-order valence-electron chi connectivity index (χ3n) is 11.5. The molecule has 3 heterocycles. The molecular formula is C54H32N4S. The van der Waals surface area contributed by atoms with E-state index in [1.54, 1.807) is 0 Å². The molecule has 59 heavy (non-hydrogen) atoms.